The van der Waals surface area contributed by atoms with Crippen LogP contribution in [0.1, 0.15) is 35.7 Å². The average molecular weight is 458 g/mol. The fourth-order valence-corrected chi connectivity index (χ4v) is 4.70. The van der Waals surface area contributed by atoms with E-state index in [9.17, 15) is 0 Å². The van der Waals surface area contributed by atoms with Crippen molar-refractivity contribution >= 4 is 39.2 Å². The smallest absolute Gasteiger partial charge is 0.146 e. The molecular formula is C26H21ClFN5. The van der Waals surface area contributed by atoms with Crippen LogP contribution < -0.4 is 5.73 Å². The second-order valence-corrected chi connectivity index (χ2v) is 9.15. The van der Waals surface area contributed by atoms with E-state index < -0.39 is 0 Å². The first-order valence-corrected chi connectivity index (χ1v) is 11.3. The van der Waals surface area contributed by atoms with Crippen molar-refractivity contribution in [3.05, 3.63) is 82.8 Å². The van der Waals surface area contributed by atoms with E-state index in [1.807, 2.05) is 49.5 Å². The van der Waals surface area contributed by atoms with Crippen molar-refractivity contribution in [1.29, 1.82) is 0 Å². The van der Waals surface area contributed by atoms with Gasteiger partial charge >= 0.3 is 0 Å². The van der Waals surface area contributed by atoms with Crippen LogP contribution in [0.3, 0.4) is 0 Å². The van der Waals surface area contributed by atoms with E-state index >= 15 is 4.39 Å². The number of benzene rings is 2. The maximum absolute atomic E-state index is 15.8. The van der Waals surface area contributed by atoms with Gasteiger partial charge in [0.25, 0.3) is 0 Å². The highest BCUT2D eigenvalue weighted by molar-refractivity contribution is 6.30. The van der Waals surface area contributed by atoms with E-state index in [2.05, 4.69) is 19.5 Å². The molecule has 7 heteroatoms. The van der Waals surface area contributed by atoms with Gasteiger partial charge < -0.3 is 10.3 Å². The van der Waals surface area contributed by atoms with E-state index in [4.69, 9.17) is 17.3 Å². The summed E-state index contributed by atoms with van der Waals surface area (Å²) in [4.78, 5) is 13.1. The van der Waals surface area contributed by atoms with E-state index in [1.165, 1.54) is 6.33 Å². The molecule has 1 fully saturated rings. The molecule has 0 unspecified atom stereocenters. The minimum atomic E-state index is -0.316. The minimum Gasteiger partial charge on any atom is -0.383 e. The predicted molar refractivity (Wildman–Crippen MR) is 130 cm³/mol. The van der Waals surface area contributed by atoms with Crippen LogP contribution in [0.15, 0.2) is 55.1 Å². The number of hydrogen-bond acceptors (Lipinski definition) is 4. The molecule has 0 amide bonds. The normalized spacial score (nSPS) is 13.8. The second kappa shape index (κ2) is 7.52. The van der Waals surface area contributed by atoms with Crippen LogP contribution in [0.2, 0.25) is 5.02 Å². The van der Waals surface area contributed by atoms with Crippen molar-refractivity contribution in [3.8, 4) is 11.1 Å². The maximum Gasteiger partial charge on any atom is 0.146 e. The van der Waals surface area contributed by atoms with Gasteiger partial charge in [0.1, 0.15) is 23.6 Å². The van der Waals surface area contributed by atoms with Crippen LogP contribution >= 0.6 is 11.6 Å². The Bertz CT molecular complexity index is 1550. The number of hydrogen-bond donors (Lipinski definition) is 1. The first-order valence-electron chi connectivity index (χ1n) is 10.9. The molecule has 3 heterocycles. The molecule has 3 aromatic heterocycles. The molecule has 1 aliphatic rings. The summed E-state index contributed by atoms with van der Waals surface area (Å²) >= 11 is 6.16. The number of rotatable bonds is 4. The number of anilines is 1. The van der Waals surface area contributed by atoms with Gasteiger partial charge in [-0.2, -0.15) is 0 Å². The summed E-state index contributed by atoms with van der Waals surface area (Å²) in [5.41, 5.74) is 11.3. The minimum absolute atomic E-state index is 0.316. The van der Waals surface area contributed by atoms with E-state index in [-0.39, 0.29) is 5.82 Å². The monoisotopic (exact) mass is 457 g/mol. The number of aryl methyl sites for hydroxylation is 1. The van der Waals surface area contributed by atoms with E-state index in [0.29, 0.717) is 45.2 Å². The van der Waals surface area contributed by atoms with Crippen LogP contribution in [0.4, 0.5) is 10.2 Å². The van der Waals surface area contributed by atoms with Crippen molar-refractivity contribution in [2.75, 3.05) is 5.73 Å². The van der Waals surface area contributed by atoms with Crippen LogP contribution in [-0.4, -0.2) is 19.5 Å². The van der Waals surface area contributed by atoms with Crippen molar-refractivity contribution in [2.24, 2.45) is 0 Å². The molecule has 0 radical (unpaired) electrons. The van der Waals surface area contributed by atoms with Gasteiger partial charge in [0.2, 0.25) is 0 Å². The lowest BCUT2D eigenvalue weighted by molar-refractivity contribution is 0.642. The molecule has 0 bridgehead atoms. The van der Waals surface area contributed by atoms with Crippen LogP contribution in [0.25, 0.3) is 32.9 Å². The third-order valence-corrected chi connectivity index (χ3v) is 6.68. The molecule has 1 aliphatic carbocycles. The first-order chi connectivity index (χ1) is 16.0. The lowest BCUT2D eigenvalue weighted by atomic mass is 9.99. The zero-order chi connectivity index (χ0) is 22.7. The summed E-state index contributed by atoms with van der Waals surface area (Å²) in [5.74, 6) is 0.0443. The largest absolute Gasteiger partial charge is 0.383 e. The molecule has 0 aliphatic heterocycles. The fraction of sp³-hybridized carbons (Fsp3) is 0.192. The lowest BCUT2D eigenvalue weighted by Crippen LogP contribution is -1.97. The van der Waals surface area contributed by atoms with Gasteiger partial charge in [0.15, 0.2) is 0 Å². The standard InChI is InChI=1S/C26H21ClFN5/c1-14-2-4-17(27)8-16(14)10-18-9-15-3-7-20(24(28)21(15)11-30-18)22-12-33(19-5-6-19)26-23(22)25(29)31-13-32-26/h2-4,7-9,11-13,19H,5-6,10H2,1H3,(H2,29,31,32). The summed E-state index contributed by atoms with van der Waals surface area (Å²) < 4.78 is 17.9. The Labute approximate surface area is 195 Å². The molecule has 1 saturated carbocycles. The Balaban J connectivity index is 1.45. The highest BCUT2D eigenvalue weighted by Crippen LogP contribution is 2.43. The lowest BCUT2D eigenvalue weighted by Gasteiger charge is -2.09. The zero-order valence-corrected chi connectivity index (χ0v) is 18.8. The van der Waals surface area contributed by atoms with E-state index in [0.717, 1.165) is 40.7 Å². The molecule has 0 spiro atoms. The molecule has 5 nitrogen and oxygen atoms in total. The quantitative estimate of drug-likeness (QED) is 0.346. The van der Waals surface area contributed by atoms with Crippen LogP contribution in [0.5, 0.6) is 0 Å². The summed E-state index contributed by atoms with van der Waals surface area (Å²) in [6, 6.07) is 11.9. The van der Waals surface area contributed by atoms with Gasteiger partial charge in [0, 0.05) is 52.1 Å². The Morgan fingerprint density at radius 3 is 2.76 bits per heavy atom. The number of aromatic nitrogens is 4. The summed E-state index contributed by atoms with van der Waals surface area (Å²) in [6.45, 7) is 2.05. The summed E-state index contributed by atoms with van der Waals surface area (Å²) in [6.07, 6.45) is 7.85. The number of halogens is 2. The zero-order valence-electron chi connectivity index (χ0n) is 18.0. The summed E-state index contributed by atoms with van der Waals surface area (Å²) in [5, 5.41) is 2.67. The van der Waals surface area contributed by atoms with Crippen molar-refractivity contribution < 1.29 is 4.39 Å². The second-order valence-electron chi connectivity index (χ2n) is 8.71. The highest BCUT2D eigenvalue weighted by atomic mass is 35.5. The van der Waals surface area contributed by atoms with E-state index in [1.54, 1.807) is 6.20 Å². The third kappa shape index (κ3) is 3.42. The van der Waals surface area contributed by atoms with Gasteiger partial charge in [-0.25, -0.2) is 14.4 Å². The van der Waals surface area contributed by atoms with Crippen LogP contribution in [-0.2, 0) is 6.42 Å². The first kappa shape index (κ1) is 20.1. The van der Waals surface area contributed by atoms with Gasteiger partial charge in [0.05, 0.1) is 5.39 Å². The summed E-state index contributed by atoms with van der Waals surface area (Å²) in [7, 11) is 0. The molecule has 2 aromatic carbocycles. The molecule has 6 rings (SSSR count). The molecule has 0 saturated heterocycles. The molecule has 33 heavy (non-hydrogen) atoms. The molecule has 5 aromatic rings. The molecule has 0 atom stereocenters. The Kier molecular flexibility index (Phi) is 4.59. The topological polar surface area (TPSA) is 69.6 Å². The molecular weight excluding hydrogens is 437 g/mol. The van der Waals surface area contributed by atoms with Gasteiger partial charge in [-0.05, 0) is 54.5 Å². The number of nitrogens with two attached hydrogens (primary N) is 1. The maximum atomic E-state index is 15.8. The SMILES string of the molecule is Cc1ccc(Cl)cc1Cc1cc2ccc(-c3cn(C4CC4)c4ncnc(N)c34)c(F)c2cn1. The Hall–Kier alpha value is -3.51. The van der Waals surface area contributed by atoms with Crippen molar-refractivity contribution in [3.63, 3.8) is 0 Å². The van der Waals surface area contributed by atoms with Crippen molar-refractivity contribution in [1.82, 2.24) is 19.5 Å². The van der Waals surface area contributed by atoms with Crippen LogP contribution in [0, 0.1) is 12.7 Å². The number of nitrogens with zero attached hydrogens (tertiary/aromatic N) is 4. The van der Waals surface area contributed by atoms with Gasteiger partial charge in [-0.3, -0.25) is 4.98 Å². The predicted octanol–water partition coefficient (Wildman–Crippen LogP) is 6.26. The number of nitrogen functional groups attached to an aromatic ring is 1. The number of fused-ring (bicyclic) bond motifs is 2. The molecule has 164 valence electrons. The Morgan fingerprint density at radius 2 is 1.94 bits per heavy atom. The third-order valence-electron chi connectivity index (χ3n) is 6.45. The van der Waals surface area contributed by atoms with Gasteiger partial charge in [-0.15, -0.1) is 0 Å². The Morgan fingerprint density at radius 1 is 1.09 bits per heavy atom. The average Bonchev–Trinajstić information content (AvgIpc) is 3.57. The highest BCUT2D eigenvalue weighted by Gasteiger charge is 2.28. The van der Waals surface area contributed by atoms with Crippen molar-refractivity contribution in [2.45, 2.75) is 32.2 Å². The number of pyridine rings is 1. The van der Waals surface area contributed by atoms with Gasteiger partial charge in [-0.1, -0.05) is 29.8 Å². The molecule has 2 N–H and O–H groups in total. The fourth-order valence-electron chi connectivity index (χ4n) is 4.50.